The Morgan fingerprint density at radius 1 is 1.28 bits per heavy atom. The zero-order valence-corrected chi connectivity index (χ0v) is 15.9. The maximum Gasteiger partial charge on any atom is 0.195 e. The molecule has 1 aromatic heterocycles. The number of Topliss-reactive ketones (excluding diaryl/α,β-unsaturated/α-hetero) is 1. The number of nitrogen functional groups attached to an aromatic ring is 1. The van der Waals surface area contributed by atoms with E-state index in [9.17, 15) is 4.79 Å². The van der Waals surface area contributed by atoms with Gasteiger partial charge < -0.3 is 15.1 Å². The molecule has 1 aromatic carbocycles. The van der Waals surface area contributed by atoms with Crippen LogP contribution in [0.1, 0.15) is 68.8 Å². The lowest BCUT2D eigenvalue weighted by atomic mass is 9.86. The van der Waals surface area contributed by atoms with Crippen LogP contribution in [-0.4, -0.2) is 30.3 Å². The first-order valence-electron chi connectivity index (χ1n) is 9.36. The van der Waals surface area contributed by atoms with E-state index in [1.165, 1.54) is 0 Å². The number of rotatable bonds is 4. The summed E-state index contributed by atoms with van der Waals surface area (Å²) in [5, 5.41) is 1.02. The van der Waals surface area contributed by atoms with Crippen molar-refractivity contribution in [2.45, 2.75) is 52.9 Å². The minimum Gasteiger partial charge on any atom is -0.441 e. The van der Waals surface area contributed by atoms with Crippen molar-refractivity contribution in [3.63, 3.8) is 0 Å². The molecule has 3 rings (SSSR count). The number of nitrogens with two attached hydrogens (primary N) is 1. The Hall–Kier alpha value is -1.81. The molecule has 0 atom stereocenters. The van der Waals surface area contributed by atoms with Gasteiger partial charge in [0.15, 0.2) is 11.7 Å². The topological polar surface area (TPSA) is 59.5 Å². The van der Waals surface area contributed by atoms with E-state index in [0.29, 0.717) is 23.6 Å². The van der Waals surface area contributed by atoms with Crippen molar-refractivity contribution in [3.05, 3.63) is 29.3 Å². The highest BCUT2D eigenvalue weighted by atomic mass is 16.3. The molecule has 25 heavy (non-hydrogen) atoms. The van der Waals surface area contributed by atoms with Gasteiger partial charge in [0.2, 0.25) is 0 Å². The van der Waals surface area contributed by atoms with Gasteiger partial charge in [-0.1, -0.05) is 27.7 Å². The minimum absolute atomic E-state index is 0.160. The van der Waals surface area contributed by atoms with Gasteiger partial charge in [0.25, 0.3) is 0 Å². The van der Waals surface area contributed by atoms with Gasteiger partial charge in [-0.2, -0.15) is 0 Å². The van der Waals surface area contributed by atoms with E-state index in [0.717, 1.165) is 54.6 Å². The molecular formula is C21H30N2O2. The molecule has 0 unspecified atom stereocenters. The van der Waals surface area contributed by atoms with E-state index >= 15 is 0 Å². The van der Waals surface area contributed by atoms with Crippen LogP contribution in [0, 0.1) is 5.41 Å². The van der Waals surface area contributed by atoms with Crippen molar-refractivity contribution in [1.82, 2.24) is 4.90 Å². The number of carbonyl (C=O) groups is 1. The molecule has 1 fully saturated rings. The molecule has 0 radical (unpaired) electrons. The van der Waals surface area contributed by atoms with Crippen LogP contribution in [0.5, 0.6) is 0 Å². The van der Waals surface area contributed by atoms with Crippen molar-refractivity contribution >= 4 is 22.6 Å². The number of benzene rings is 1. The van der Waals surface area contributed by atoms with Crippen LogP contribution in [0.15, 0.2) is 22.6 Å². The average molecular weight is 342 g/mol. The predicted octanol–water partition coefficient (Wildman–Crippen LogP) is 4.83. The third kappa shape index (κ3) is 3.90. The molecule has 2 aromatic rings. The molecule has 2 heterocycles. The normalized spacial score (nSPS) is 17.3. The molecular weight excluding hydrogens is 312 g/mol. The summed E-state index contributed by atoms with van der Waals surface area (Å²) in [6.07, 6.45) is 2.68. The van der Waals surface area contributed by atoms with Crippen LogP contribution in [0.3, 0.4) is 0 Å². The number of hydrogen-bond donors (Lipinski definition) is 1. The number of carbonyl (C=O) groups excluding carboxylic acids is 1. The first kappa shape index (κ1) is 18.0. The zero-order valence-electron chi connectivity index (χ0n) is 15.9. The number of ketones is 1. The summed E-state index contributed by atoms with van der Waals surface area (Å²) in [5.41, 5.74) is 9.19. The van der Waals surface area contributed by atoms with Gasteiger partial charge in [-0.25, -0.2) is 0 Å². The molecule has 136 valence electrons. The van der Waals surface area contributed by atoms with Crippen molar-refractivity contribution in [1.29, 1.82) is 0 Å². The van der Waals surface area contributed by atoms with Crippen LogP contribution in [0.25, 0.3) is 11.0 Å². The molecule has 4 nitrogen and oxygen atoms in total. The van der Waals surface area contributed by atoms with Gasteiger partial charge in [-0.05, 0) is 55.5 Å². The second-order valence-electron chi connectivity index (χ2n) is 8.48. The molecule has 2 N–H and O–H groups in total. The molecule has 4 heteroatoms. The summed E-state index contributed by atoms with van der Waals surface area (Å²) in [6.45, 7) is 12.0. The first-order valence-corrected chi connectivity index (χ1v) is 9.36. The SMILES string of the molecule is CCC(=O)c1ccc2oc(N)c(C3CCN(CC(C)(C)C)CC3)c2c1. The first-order chi connectivity index (χ1) is 11.8. The van der Waals surface area contributed by atoms with Crippen molar-refractivity contribution < 1.29 is 9.21 Å². The van der Waals surface area contributed by atoms with E-state index in [4.69, 9.17) is 10.2 Å². The van der Waals surface area contributed by atoms with E-state index in [1.54, 1.807) is 0 Å². The standard InChI is InChI=1S/C21H30N2O2/c1-5-17(24)15-6-7-18-16(12-15)19(20(22)25-18)14-8-10-23(11-9-14)13-21(2,3)4/h6-7,12,14H,5,8-11,13,22H2,1-4H3. The highest BCUT2D eigenvalue weighted by molar-refractivity contribution is 6.00. The van der Waals surface area contributed by atoms with Gasteiger partial charge in [-0.15, -0.1) is 0 Å². The Kier molecular flexibility index (Phi) is 4.92. The van der Waals surface area contributed by atoms with Gasteiger partial charge >= 0.3 is 0 Å². The number of furan rings is 1. The summed E-state index contributed by atoms with van der Waals surface area (Å²) in [6, 6.07) is 5.69. The third-order valence-electron chi connectivity index (χ3n) is 5.09. The third-order valence-corrected chi connectivity index (χ3v) is 5.09. The minimum atomic E-state index is 0.160. The lowest BCUT2D eigenvalue weighted by Gasteiger charge is -2.36. The number of fused-ring (bicyclic) bond motifs is 1. The second-order valence-corrected chi connectivity index (χ2v) is 8.48. The van der Waals surface area contributed by atoms with E-state index in [1.807, 2.05) is 25.1 Å². The summed E-state index contributed by atoms with van der Waals surface area (Å²) < 4.78 is 5.78. The average Bonchev–Trinajstić information content (AvgIpc) is 2.88. The molecule has 1 aliphatic heterocycles. The van der Waals surface area contributed by atoms with Gasteiger partial charge in [-0.3, -0.25) is 4.79 Å². The lowest BCUT2D eigenvalue weighted by Crippen LogP contribution is -2.38. The molecule has 0 aliphatic carbocycles. The Labute approximate surface area is 150 Å². The smallest absolute Gasteiger partial charge is 0.195 e. The van der Waals surface area contributed by atoms with Gasteiger partial charge in [0.05, 0.1) is 0 Å². The number of anilines is 1. The highest BCUT2D eigenvalue weighted by Gasteiger charge is 2.28. The van der Waals surface area contributed by atoms with Crippen molar-refractivity contribution in [2.24, 2.45) is 5.41 Å². The Balaban J connectivity index is 1.84. The Bertz CT molecular complexity index is 762. The maximum absolute atomic E-state index is 12.1. The summed E-state index contributed by atoms with van der Waals surface area (Å²) in [7, 11) is 0. The van der Waals surface area contributed by atoms with Crippen LogP contribution >= 0.6 is 0 Å². The van der Waals surface area contributed by atoms with Gasteiger partial charge in [0.1, 0.15) is 5.58 Å². The molecule has 1 aliphatic rings. The van der Waals surface area contributed by atoms with E-state index in [-0.39, 0.29) is 5.78 Å². The van der Waals surface area contributed by atoms with Crippen LogP contribution in [0.4, 0.5) is 5.88 Å². The maximum atomic E-state index is 12.1. The fraction of sp³-hybridized carbons (Fsp3) is 0.571. The molecule has 0 spiro atoms. The highest BCUT2D eigenvalue weighted by Crippen LogP contribution is 2.39. The summed E-state index contributed by atoms with van der Waals surface area (Å²) >= 11 is 0. The van der Waals surface area contributed by atoms with Crippen molar-refractivity contribution in [2.75, 3.05) is 25.4 Å². The van der Waals surface area contributed by atoms with Crippen LogP contribution in [-0.2, 0) is 0 Å². The Morgan fingerprint density at radius 3 is 2.56 bits per heavy atom. The largest absolute Gasteiger partial charge is 0.441 e. The summed E-state index contributed by atoms with van der Waals surface area (Å²) in [4.78, 5) is 14.6. The van der Waals surface area contributed by atoms with Crippen molar-refractivity contribution in [3.8, 4) is 0 Å². The number of piperidine rings is 1. The predicted molar refractivity (Wildman–Crippen MR) is 103 cm³/mol. The zero-order chi connectivity index (χ0) is 18.2. The lowest BCUT2D eigenvalue weighted by molar-refractivity contribution is 0.0988. The molecule has 0 saturated carbocycles. The molecule has 0 bridgehead atoms. The quantitative estimate of drug-likeness (QED) is 0.808. The summed E-state index contributed by atoms with van der Waals surface area (Å²) in [5.74, 6) is 1.09. The number of hydrogen-bond acceptors (Lipinski definition) is 4. The van der Waals surface area contributed by atoms with Crippen LogP contribution in [0.2, 0.25) is 0 Å². The van der Waals surface area contributed by atoms with Gasteiger partial charge in [0, 0.05) is 29.5 Å². The second kappa shape index (κ2) is 6.83. The Morgan fingerprint density at radius 2 is 1.96 bits per heavy atom. The van der Waals surface area contributed by atoms with E-state index < -0.39 is 0 Å². The monoisotopic (exact) mass is 342 g/mol. The number of likely N-dealkylation sites (tertiary alicyclic amines) is 1. The fourth-order valence-corrected chi connectivity index (χ4v) is 3.98. The number of nitrogens with zero attached hydrogens (tertiary/aromatic N) is 1. The van der Waals surface area contributed by atoms with E-state index in [2.05, 4.69) is 25.7 Å². The fourth-order valence-electron chi connectivity index (χ4n) is 3.98. The van der Waals surface area contributed by atoms with Crippen LogP contribution < -0.4 is 5.73 Å². The molecule has 1 saturated heterocycles. The molecule has 0 amide bonds.